The number of carboxylic acids is 1. The molecule has 1 aliphatic heterocycles. The van der Waals surface area contributed by atoms with Gasteiger partial charge in [-0.05, 0) is 45.1 Å². The zero-order valence-corrected chi connectivity index (χ0v) is 11.3. The molecular weight excluding hydrogens is 232 g/mol. The molecule has 5 nitrogen and oxygen atoms in total. The molecule has 0 aromatic carbocycles. The molecule has 102 valence electrons. The van der Waals surface area contributed by atoms with E-state index in [2.05, 4.69) is 5.32 Å². The normalized spacial score (nSPS) is 31.2. The molecule has 1 saturated heterocycles. The lowest BCUT2D eigenvalue weighted by Crippen LogP contribution is -2.56. The quantitative estimate of drug-likeness (QED) is 0.777. The lowest BCUT2D eigenvalue weighted by Gasteiger charge is -2.34. The van der Waals surface area contributed by atoms with Gasteiger partial charge in [0, 0.05) is 7.05 Å². The van der Waals surface area contributed by atoms with Crippen LogP contribution in [-0.2, 0) is 9.59 Å². The highest BCUT2D eigenvalue weighted by atomic mass is 16.4. The smallest absolute Gasteiger partial charge is 0.329 e. The second kappa shape index (κ2) is 4.53. The number of carboxylic acid groups (broad SMARTS) is 1. The number of hydrogen-bond acceptors (Lipinski definition) is 3. The van der Waals surface area contributed by atoms with Crippen molar-refractivity contribution in [1.82, 2.24) is 10.2 Å². The molecule has 2 rings (SSSR count). The molecule has 2 aliphatic rings. The Bertz CT molecular complexity index is 367. The molecule has 18 heavy (non-hydrogen) atoms. The predicted molar refractivity (Wildman–Crippen MR) is 67.1 cm³/mol. The summed E-state index contributed by atoms with van der Waals surface area (Å²) in [7, 11) is 1.58. The number of carbonyl (C=O) groups is 2. The van der Waals surface area contributed by atoms with E-state index in [1.54, 1.807) is 20.9 Å². The zero-order valence-electron chi connectivity index (χ0n) is 11.3. The van der Waals surface area contributed by atoms with Crippen LogP contribution in [0, 0.1) is 11.8 Å². The second-order valence-electron chi connectivity index (χ2n) is 6.00. The first-order valence-electron chi connectivity index (χ1n) is 6.60. The summed E-state index contributed by atoms with van der Waals surface area (Å²) in [6, 6.07) is -0.193. The van der Waals surface area contributed by atoms with Crippen molar-refractivity contribution in [3.8, 4) is 0 Å². The van der Waals surface area contributed by atoms with Crippen LogP contribution in [0.3, 0.4) is 0 Å². The van der Waals surface area contributed by atoms with Crippen molar-refractivity contribution >= 4 is 11.9 Å². The Labute approximate surface area is 108 Å². The number of nitrogens with zero attached hydrogens (tertiary/aromatic N) is 1. The molecule has 2 N–H and O–H groups in total. The first kappa shape index (κ1) is 13.3. The van der Waals surface area contributed by atoms with Gasteiger partial charge in [-0.25, -0.2) is 4.79 Å². The van der Waals surface area contributed by atoms with Crippen LogP contribution in [0.5, 0.6) is 0 Å². The van der Waals surface area contributed by atoms with E-state index in [1.807, 2.05) is 0 Å². The lowest BCUT2D eigenvalue weighted by molar-refractivity contribution is -0.156. The Kier molecular flexibility index (Phi) is 3.36. The summed E-state index contributed by atoms with van der Waals surface area (Å²) in [4.78, 5) is 25.0. The van der Waals surface area contributed by atoms with Crippen molar-refractivity contribution in [3.05, 3.63) is 0 Å². The van der Waals surface area contributed by atoms with Crippen molar-refractivity contribution in [2.45, 2.75) is 44.7 Å². The molecule has 0 spiro atoms. The van der Waals surface area contributed by atoms with Gasteiger partial charge in [-0.1, -0.05) is 6.42 Å². The maximum absolute atomic E-state index is 12.4. The molecule has 3 unspecified atom stereocenters. The van der Waals surface area contributed by atoms with E-state index in [-0.39, 0.29) is 11.9 Å². The zero-order chi connectivity index (χ0) is 13.5. The van der Waals surface area contributed by atoms with E-state index in [9.17, 15) is 14.7 Å². The topological polar surface area (TPSA) is 69.6 Å². The number of fused-ring (bicyclic) bond motifs is 1. The van der Waals surface area contributed by atoms with Gasteiger partial charge < -0.3 is 15.3 Å². The van der Waals surface area contributed by atoms with E-state index in [0.717, 1.165) is 13.0 Å². The van der Waals surface area contributed by atoms with Crippen LogP contribution in [0.2, 0.25) is 0 Å². The highest BCUT2D eigenvalue weighted by molar-refractivity contribution is 5.89. The molecule has 0 bridgehead atoms. The predicted octanol–water partition coefficient (Wildman–Crippen LogP) is 0.696. The first-order chi connectivity index (χ1) is 8.35. The van der Waals surface area contributed by atoms with E-state index >= 15 is 0 Å². The van der Waals surface area contributed by atoms with Crippen molar-refractivity contribution < 1.29 is 14.7 Å². The fourth-order valence-electron chi connectivity index (χ4n) is 3.09. The second-order valence-corrected chi connectivity index (χ2v) is 6.00. The van der Waals surface area contributed by atoms with Gasteiger partial charge in [0.05, 0.1) is 6.04 Å². The molecule has 3 atom stereocenters. The number of likely N-dealkylation sites (N-methyl/N-ethyl adjacent to an activating group) is 1. The van der Waals surface area contributed by atoms with Crippen molar-refractivity contribution in [1.29, 1.82) is 0 Å². The van der Waals surface area contributed by atoms with Crippen LogP contribution < -0.4 is 5.32 Å². The molecule has 1 amide bonds. The monoisotopic (exact) mass is 254 g/mol. The minimum atomic E-state index is -1.16. The van der Waals surface area contributed by atoms with Gasteiger partial charge in [0.1, 0.15) is 5.54 Å². The van der Waals surface area contributed by atoms with E-state index in [0.29, 0.717) is 11.8 Å². The summed E-state index contributed by atoms with van der Waals surface area (Å²) >= 11 is 0. The van der Waals surface area contributed by atoms with Gasteiger partial charge in [-0.3, -0.25) is 4.79 Å². The highest BCUT2D eigenvalue weighted by Gasteiger charge is 2.46. The first-order valence-corrected chi connectivity index (χ1v) is 6.60. The average Bonchev–Trinajstić information content (AvgIpc) is 2.88. The van der Waals surface area contributed by atoms with Gasteiger partial charge in [0.15, 0.2) is 0 Å². The maximum Gasteiger partial charge on any atom is 0.329 e. The fraction of sp³-hybridized carbons (Fsp3) is 0.846. The number of hydrogen-bond donors (Lipinski definition) is 2. The Morgan fingerprint density at radius 3 is 2.61 bits per heavy atom. The van der Waals surface area contributed by atoms with Gasteiger partial charge in [-0.2, -0.15) is 0 Å². The third-order valence-corrected chi connectivity index (χ3v) is 4.70. The maximum atomic E-state index is 12.4. The molecule has 1 saturated carbocycles. The summed E-state index contributed by atoms with van der Waals surface area (Å²) in [5, 5.41) is 12.4. The molecule has 2 fully saturated rings. The van der Waals surface area contributed by atoms with Crippen LogP contribution in [0.15, 0.2) is 0 Å². The SMILES string of the molecule is CN(C(=O)C1NCC2CCCC21)C(C)(C)C(=O)O. The number of amides is 1. The number of carbonyl (C=O) groups excluding carboxylic acids is 1. The van der Waals surface area contributed by atoms with Crippen LogP contribution >= 0.6 is 0 Å². The van der Waals surface area contributed by atoms with Gasteiger partial charge in [0.2, 0.25) is 5.91 Å². The highest BCUT2D eigenvalue weighted by Crippen LogP contribution is 2.38. The van der Waals surface area contributed by atoms with Crippen molar-refractivity contribution in [2.24, 2.45) is 11.8 Å². The van der Waals surface area contributed by atoms with Crippen LogP contribution in [-0.4, -0.2) is 47.1 Å². The third-order valence-electron chi connectivity index (χ3n) is 4.70. The minimum Gasteiger partial charge on any atom is -0.480 e. The van der Waals surface area contributed by atoms with E-state index in [1.165, 1.54) is 17.7 Å². The Morgan fingerprint density at radius 2 is 2.00 bits per heavy atom. The summed E-state index contributed by atoms with van der Waals surface area (Å²) in [6.45, 7) is 4.02. The van der Waals surface area contributed by atoms with Crippen LogP contribution in [0.1, 0.15) is 33.1 Å². The van der Waals surface area contributed by atoms with Gasteiger partial charge >= 0.3 is 5.97 Å². The Balaban J connectivity index is 2.10. The van der Waals surface area contributed by atoms with Gasteiger partial charge in [-0.15, -0.1) is 0 Å². The van der Waals surface area contributed by atoms with Gasteiger partial charge in [0.25, 0.3) is 0 Å². The van der Waals surface area contributed by atoms with E-state index in [4.69, 9.17) is 0 Å². The summed E-state index contributed by atoms with van der Waals surface area (Å²) in [6.07, 6.45) is 3.45. The summed E-state index contributed by atoms with van der Waals surface area (Å²) in [5.41, 5.74) is -1.16. The summed E-state index contributed by atoms with van der Waals surface area (Å²) in [5.74, 6) is -0.0686. The largest absolute Gasteiger partial charge is 0.480 e. The molecule has 1 heterocycles. The number of rotatable bonds is 3. The molecule has 0 aromatic heterocycles. The molecule has 1 aliphatic carbocycles. The Hall–Kier alpha value is -1.10. The fourth-order valence-corrected chi connectivity index (χ4v) is 3.09. The molecule has 0 radical (unpaired) electrons. The average molecular weight is 254 g/mol. The van der Waals surface area contributed by atoms with Crippen molar-refractivity contribution in [3.63, 3.8) is 0 Å². The lowest BCUT2D eigenvalue weighted by atomic mass is 9.92. The molecule has 0 aromatic rings. The molecular formula is C13H22N2O3. The molecule has 5 heteroatoms. The summed E-state index contributed by atoms with van der Waals surface area (Å²) < 4.78 is 0. The minimum absolute atomic E-state index is 0.0863. The van der Waals surface area contributed by atoms with E-state index < -0.39 is 11.5 Å². The Morgan fingerprint density at radius 1 is 1.33 bits per heavy atom. The third kappa shape index (κ3) is 2.00. The van der Waals surface area contributed by atoms with Crippen molar-refractivity contribution in [2.75, 3.05) is 13.6 Å². The van der Waals surface area contributed by atoms with Crippen LogP contribution in [0.25, 0.3) is 0 Å². The standard InChI is InChI=1S/C13H22N2O3/c1-13(2,12(17)18)15(3)11(16)10-9-6-4-5-8(9)7-14-10/h8-10,14H,4-7H2,1-3H3,(H,17,18). The van der Waals surface area contributed by atoms with Crippen LogP contribution in [0.4, 0.5) is 0 Å². The number of nitrogens with one attached hydrogen (secondary N) is 1. The number of aliphatic carboxylic acids is 1.